The third kappa shape index (κ3) is 3.48. The molecule has 3 fully saturated rings. The number of benzene rings is 1. The number of hydrogen-bond donors (Lipinski definition) is 0. The third-order valence-corrected chi connectivity index (χ3v) is 5.73. The summed E-state index contributed by atoms with van der Waals surface area (Å²) < 4.78 is 0. The van der Waals surface area contributed by atoms with E-state index in [-0.39, 0.29) is 11.8 Å². The van der Waals surface area contributed by atoms with E-state index in [1.165, 1.54) is 34.7 Å². The molecule has 0 aliphatic carbocycles. The molecule has 0 spiro atoms. The maximum Gasteiger partial charge on any atom is 0.244 e. The van der Waals surface area contributed by atoms with Crippen LogP contribution in [0.2, 0.25) is 0 Å². The molecule has 0 saturated carbocycles. The highest BCUT2D eigenvalue weighted by molar-refractivity contribution is 6.01. The summed E-state index contributed by atoms with van der Waals surface area (Å²) in [5.41, 5.74) is 4.07. The molecule has 6 heteroatoms. The van der Waals surface area contributed by atoms with Crippen LogP contribution in [0.25, 0.3) is 0 Å². The molecular formula is C20H28N4O2. The van der Waals surface area contributed by atoms with Gasteiger partial charge in [0.05, 0.1) is 0 Å². The molecule has 140 valence electrons. The molecule has 1 aromatic rings. The lowest BCUT2D eigenvalue weighted by Crippen LogP contribution is -2.55. The van der Waals surface area contributed by atoms with Crippen LogP contribution in [-0.2, 0) is 16.1 Å². The van der Waals surface area contributed by atoms with E-state index < -0.39 is 0 Å². The smallest absolute Gasteiger partial charge is 0.244 e. The minimum atomic E-state index is -0.0431. The van der Waals surface area contributed by atoms with Crippen LogP contribution in [-0.4, -0.2) is 66.0 Å². The Balaban J connectivity index is 1.41. The van der Waals surface area contributed by atoms with Gasteiger partial charge in [0.1, 0.15) is 0 Å². The molecule has 0 aromatic heterocycles. The van der Waals surface area contributed by atoms with Crippen molar-refractivity contribution in [2.24, 2.45) is 0 Å². The molecule has 3 saturated heterocycles. The molecule has 0 atom stereocenters. The van der Waals surface area contributed by atoms with Crippen LogP contribution in [0.1, 0.15) is 36.8 Å². The normalized spacial score (nSPS) is 22.7. The highest BCUT2D eigenvalue weighted by atomic mass is 16.2. The van der Waals surface area contributed by atoms with Crippen molar-refractivity contribution in [2.75, 3.05) is 44.2 Å². The first kappa shape index (κ1) is 17.5. The molecular weight excluding hydrogens is 328 g/mol. The number of piperazine rings is 1. The highest BCUT2D eigenvalue weighted by Crippen LogP contribution is 2.27. The molecule has 3 aliphatic rings. The van der Waals surface area contributed by atoms with Crippen molar-refractivity contribution < 1.29 is 9.59 Å². The van der Waals surface area contributed by atoms with Crippen LogP contribution >= 0.6 is 0 Å². The van der Waals surface area contributed by atoms with Crippen LogP contribution in [0.4, 0.5) is 5.69 Å². The number of carbonyl (C=O) groups excluding carboxylic acids is 2. The second-order valence-electron chi connectivity index (χ2n) is 7.66. The van der Waals surface area contributed by atoms with Crippen molar-refractivity contribution in [3.05, 3.63) is 29.3 Å². The highest BCUT2D eigenvalue weighted by Gasteiger charge is 2.35. The van der Waals surface area contributed by atoms with E-state index in [2.05, 4.69) is 34.9 Å². The third-order valence-electron chi connectivity index (χ3n) is 5.73. The number of anilines is 1. The first-order valence-corrected chi connectivity index (χ1v) is 9.79. The zero-order chi connectivity index (χ0) is 18.1. The van der Waals surface area contributed by atoms with Gasteiger partial charge in [-0.2, -0.15) is 0 Å². The summed E-state index contributed by atoms with van der Waals surface area (Å²) in [5, 5.41) is 3.32. The second-order valence-corrected chi connectivity index (χ2v) is 7.66. The van der Waals surface area contributed by atoms with Gasteiger partial charge < -0.3 is 4.90 Å². The summed E-state index contributed by atoms with van der Waals surface area (Å²) in [5.74, 6) is -0.0862. The molecule has 2 amide bonds. The summed E-state index contributed by atoms with van der Waals surface area (Å²) >= 11 is 0. The zero-order valence-electron chi connectivity index (χ0n) is 15.6. The topological polar surface area (TPSA) is 47.1 Å². The van der Waals surface area contributed by atoms with Gasteiger partial charge in [-0.15, -0.1) is 0 Å². The van der Waals surface area contributed by atoms with E-state index in [1.54, 1.807) is 0 Å². The van der Waals surface area contributed by atoms with E-state index in [0.717, 1.165) is 45.8 Å². The zero-order valence-corrected chi connectivity index (χ0v) is 15.6. The Morgan fingerprint density at radius 2 is 1.54 bits per heavy atom. The molecule has 3 aliphatic heterocycles. The molecule has 0 N–H and O–H groups in total. The maximum absolute atomic E-state index is 11.9. The summed E-state index contributed by atoms with van der Waals surface area (Å²) in [6, 6.07) is 6.79. The number of hydrogen-bond acceptors (Lipinski definition) is 5. The quantitative estimate of drug-likeness (QED) is 0.770. The number of carbonyl (C=O) groups is 2. The number of nitrogens with zero attached hydrogens (tertiary/aromatic N) is 4. The van der Waals surface area contributed by atoms with Gasteiger partial charge in [0.25, 0.3) is 0 Å². The number of rotatable bonds is 4. The number of hydrazine groups is 1. The Morgan fingerprint density at radius 1 is 0.885 bits per heavy atom. The predicted molar refractivity (Wildman–Crippen MR) is 101 cm³/mol. The molecule has 0 bridgehead atoms. The standard InChI is InChI=1S/C20H28N4O2/c1-16-4-5-18(22-8-2-3-9-22)17(14-16)15-21-10-12-23(13-11-21)24-19(25)6-7-20(24)26/h4-5,14H,2-3,6-13,15H2,1H3. The van der Waals surface area contributed by atoms with Gasteiger partial charge in [-0.1, -0.05) is 17.7 Å². The van der Waals surface area contributed by atoms with E-state index in [1.807, 2.05) is 5.01 Å². The van der Waals surface area contributed by atoms with E-state index in [9.17, 15) is 9.59 Å². The van der Waals surface area contributed by atoms with Gasteiger partial charge in [0.2, 0.25) is 11.8 Å². The lowest BCUT2D eigenvalue weighted by Gasteiger charge is -2.38. The Morgan fingerprint density at radius 3 is 2.19 bits per heavy atom. The fourth-order valence-corrected chi connectivity index (χ4v) is 4.32. The van der Waals surface area contributed by atoms with Crippen molar-refractivity contribution in [1.82, 2.24) is 14.9 Å². The number of amides is 2. The Kier molecular flexibility index (Phi) is 4.96. The van der Waals surface area contributed by atoms with Crippen LogP contribution in [0.15, 0.2) is 18.2 Å². The average Bonchev–Trinajstić information content (AvgIpc) is 3.26. The SMILES string of the molecule is Cc1ccc(N2CCCC2)c(CN2CCN(N3C(=O)CCC3=O)CC2)c1. The molecule has 6 nitrogen and oxygen atoms in total. The van der Waals surface area contributed by atoms with Gasteiger partial charge in [0, 0.05) is 64.3 Å². The first-order chi connectivity index (χ1) is 12.6. The second kappa shape index (κ2) is 7.37. The Bertz CT molecular complexity index is 675. The molecule has 0 unspecified atom stereocenters. The van der Waals surface area contributed by atoms with E-state index >= 15 is 0 Å². The first-order valence-electron chi connectivity index (χ1n) is 9.79. The van der Waals surface area contributed by atoms with Crippen LogP contribution in [0.5, 0.6) is 0 Å². The van der Waals surface area contributed by atoms with Crippen LogP contribution < -0.4 is 4.90 Å². The van der Waals surface area contributed by atoms with Crippen LogP contribution in [0.3, 0.4) is 0 Å². The number of imide groups is 1. The van der Waals surface area contributed by atoms with Crippen molar-refractivity contribution in [3.8, 4) is 0 Å². The summed E-state index contributed by atoms with van der Waals surface area (Å²) in [4.78, 5) is 28.8. The van der Waals surface area contributed by atoms with Crippen LogP contribution in [0, 0.1) is 6.92 Å². The monoisotopic (exact) mass is 356 g/mol. The van der Waals surface area contributed by atoms with Crippen molar-refractivity contribution in [1.29, 1.82) is 0 Å². The van der Waals surface area contributed by atoms with E-state index in [0.29, 0.717) is 12.8 Å². The fourth-order valence-electron chi connectivity index (χ4n) is 4.32. The Hall–Kier alpha value is -1.92. The average molecular weight is 356 g/mol. The molecule has 1 aromatic carbocycles. The fraction of sp³-hybridized carbons (Fsp3) is 0.600. The Labute approximate surface area is 155 Å². The van der Waals surface area contributed by atoms with Gasteiger partial charge >= 0.3 is 0 Å². The van der Waals surface area contributed by atoms with Gasteiger partial charge in [-0.05, 0) is 31.4 Å². The van der Waals surface area contributed by atoms with Gasteiger partial charge in [0.15, 0.2) is 0 Å². The molecule has 3 heterocycles. The summed E-state index contributed by atoms with van der Waals surface area (Å²) in [6.07, 6.45) is 3.29. The minimum absolute atomic E-state index is 0.0431. The van der Waals surface area contributed by atoms with Gasteiger partial charge in [-0.25, -0.2) is 10.0 Å². The van der Waals surface area contributed by atoms with E-state index in [4.69, 9.17) is 0 Å². The lowest BCUT2D eigenvalue weighted by atomic mass is 10.1. The number of aryl methyl sites for hydroxylation is 1. The summed E-state index contributed by atoms with van der Waals surface area (Å²) in [7, 11) is 0. The maximum atomic E-state index is 11.9. The summed E-state index contributed by atoms with van der Waals surface area (Å²) in [6.45, 7) is 8.63. The minimum Gasteiger partial charge on any atom is -0.371 e. The van der Waals surface area contributed by atoms with Gasteiger partial charge in [-0.3, -0.25) is 14.5 Å². The largest absolute Gasteiger partial charge is 0.371 e. The molecule has 4 rings (SSSR count). The lowest BCUT2D eigenvalue weighted by molar-refractivity contribution is -0.160. The predicted octanol–water partition coefficient (Wildman–Crippen LogP) is 1.78. The molecule has 26 heavy (non-hydrogen) atoms. The van der Waals surface area contributed by atoms with Crippen molar-refractivity contribution >= 4 is 17.5 Å². The molecule has 0 radical (unpaired) electrons. The van der Waals surface area contributed by atoms with Crippen molar-refractivity contribution in [3.63, 3.8) is 0 Å². The van der Waals surface area contributed by atoms with Crippen molar-refractivity contribution in [2.45, 2.75) is 39.2 Å².